The minimum absolute atomic E-state index is 0.126. The Hall–Kier alpha value is -2.15. The molecule has 2 atom stereocenters. The number of methoxy groups -OCH3 is 3. The lowest BCUT2D eigenvalue weighted by Gasteiger charge is -2.47. The normalized spacial score (nSPS) is 19.5. The van der Waals surface area contributed by atoms with Crippen LogP contribution >= 0.6 is 0 Å². The summed E-state index contributed by atoms with van der Waals surface area (Å²) in [6.07, 6.45) is 1.93. The summed E-state index contributed by atoms with van der Waals surface area (Å²) in [4.78, 5) is 28.0. The van der Waals surface area contributed by atoms with Crippen LogP contribution in [0.2, 0.25) is 36.3 Å². The van der Waals surface area contributed by atoms with Gasteiger partial charge < -0.3 is 28.4 Å². The molecule has 0 saturated carbocycles. The maximum absolute atomic E-state index is 14.0. The van der Waals surface area contributed by atoms with Crippen LogP contribution in [0.5, 0.6) is 5.75 Å². The van der Waals surface area contributed by atoms with Crippen LogP contribution in [0.25, 0.3) is 0 Å². The number of benzene rings is 1. The zero-order valence-corrected chi connectivity index (χ0v) is 32.8. The highest BCUT2D eigenvalue weighted by molar-refractivity contribution is 6.74. The number of ether oxygens (including phenoxy) is 3. The number of hydrogen-bond acceptors (Lipinski definition) is 8. The van der Waals surface area contributed by atoms with Crippen LogP contribution in [0.15, 0.2) is 11.1 Å². The maximum atomic E-state index is 14.0. The van der Waals surface area contributed by atoms with E-state index < -0.39 is 40.8 Å². The fourth-order valence-corrected chi connectivity index (χ4v) is 8.07. The molecule has 45 heavy (non-hydrogen) atoms. The summed E-state index contributed by atoms with van der Waals surface area (Å²) in [5.41, 5.74) is 4.87. The molecule has 0 aliphatic heterocycles. The number of esters is 2. The van der Waals surface area contributed by atoms with Gasteiger partial charge in [-0.25, -0.2) is 9.59 Å². The first-order valence-electron chi connectivity index (χ1n) is 16.2. The first-order chi connectivity index (χ1) is 20.4. The van der Waals surface area contributed by atoms with Gasteiger partial charge in [0.05, 0.1) is 38.2 Å². The van der Waals surface area contributed by atoms with Gasteiger partial charge in [0.2, 0.25) is 0 Å². The summed E-state index contributed by atoms with van der Waals surface area (Å²) in [7, 11) is -0.761. The van der Waals surface area contributed by atoms with Gasteiger partial charge in [-0.15, -0.1) is 0 Å². The number of carbonyl (C=O) groups excluding carboxylic acids is 2. The molecular formula is C35H59NO7Si2. The van der Waals surface area contributed by atoms with E-state index in [0.29, 0.717) is 5.75 Å². The van der Waals surface area contributed by atoms with Crippen molar-refractivity contribution in [2.24, 2.45) is 0 Å². The van der Waals surface area contributed by atoms with Gasteiger partial charge in [0.15, 0.2) is 16.6 Å². The van der Waals surface area contributed by atoms with Crippen LogP contribution in [0.3, 0.4) is 0 Å². The van der Waals surface area contributed by atoms with Crippen LogP contribution in [0.4, 0.5) is 5.69 Å². The Morgan fingerprint density at radius 2 is 1.07 bits per heavy atom. The molecule has 10 heteroatoms. The van der Waals surface area contributed by atoms with Crippen molar-refractivity contribution in [2.45, 2.75) is 142 Å². The summed E-state index contributed by atoms with van der Waals surface area (Å²) in [5.74, 6) is -0.633. The zero-order valence-electron chi connectivity index (χ0n) is 30.8. The van der Waals surface area contributed by atoms with Gasteiger partial charge in [-0.3, -0.25) is 0 Å². The predicted octanol–water partition coefficient (Wildman–Crippen LogP) is 8.57. The van der Waals surface area contributed by atoms with Crippen molar-refractivity contribution in [3.8, 4) is 5.75 Å². The van der Waals surface area contributed by atoms with Gasteiger partial charge in [-0.2, -0.15) is 0 Å². The largest absolute Gasteiger partial charge is 0.494 e. The number of nitrogens with one attached hydrogen (secondary N) is 1. The Bertz CT molecular complexity index is 1340. The molecule has 1 aromatic rings. The number of carbonyl (C=O) groups is 2. The van der Waals surface area contributed by atoms with Gasteiger partial charge in [-0.05, 0) is 99.4 Å². The Balaban J connectivity index is 2.67. The fourth-order valence-electron chi connectivity index (χ4n) is 5.72. The Kier molecular flexibility index (Phi) is 10.6. The van der Waals surface area contributed by atoms with E-state index in [1.165, 1.54) is 19.8 Å². The van der Waals surface area contributed by atoms with Crippen molar-refractivity contribution in [2.75, 3.05) is 26.6 Å². The van der Waals surface area contributed by atoms with Crippen LogP contribution in [0.1, 0.15) is 110 Å². The molecule has 1 aromatic carbocycles. The number of rotatable bonds is 8. The van der Waals surface area contributed by atoms with E-state index in [1.54, 1.807) is 7.11 Å². The summed E-state index contributed by atoms with van der Waals surface area (Å²) >= 11 is 0. The van der Waals surface area contributed by atoms with E-state index >= 15 is 0 Å². The monoisotopic (exact) mass is 661 g/mol. The molecule has 0 saturated heterocycles. The van der Waals surface area contributed by atoms with Crippen molar-refractivity contribution in [1.29, 1.82) is 0 Å². The van der Waals surface area contributed by atoms with Gasteiger partial charge >= 0.3 is 11.9 Å². The Labute approximate surface area is 274 Å². The van der Waals surface area contributed by atoms with Crippen LogP contribution in [0, 0.1) is 0 Å². The van der Waals surface area contributed by atoms with Crippen molar-refractivity contribution >= 4 is 34.3 Å². The molecular weight excluding hydrogens is 603 g/mol. The molecule has 0 radical (unpaired) electrons. The molecule has 254 valence electrons. The van der Waals surface area contributed by atoms with Crippen molar-refractivity contribution in [3.63, 3.8) is 0 Å². The van der Waals surface area contributed by atoms with Crippen LogP contribution < -0.4 is 10.1 Å². The smallest absolute Gasteiger partial charge is 0.337 e. The van der Waals surface area contributed by atoms with E-state index in [9.17, 15) is 9.59 Å². The second-order valence-corrected chi connectivity index (χ2v) is 26.1. The highest BCUT2D eigenvalue weighted by atomic mass is 28.4. The van der Waals surface area contributed by atoms with Gasteiger partial charge in [-0.1, -0.05) is 41.5 Å². The first-order valence-corrected chi connectivity index (χ1v) is 22.1. The third-order valence-electron chi connectivity index (χ3n) is 10.1. The third kappa shape index (κ3) is 7.24. The lowest BCUT2D eigenvalue weighted by molar-refractivity contribution is -0.141. The molecule has 8 nitrogen and oxygen atoms in total. The van der Waals surface area contributed by atoms with Gasteiger partial charge in [0.25, 0.3) is 0 Å². The van der Waals surface area contributed by atoms with E-state index in [0.717, 1.165) is 48.1 Å². The summed E-state index contributed by atoms with van der Waals surface area (Å²) in [6.45, 7) is 28.0. The summed E-state index contributed by atoms with van der Waals surface area (Å²) < 4.78 is 31.7. The summed E-state index contributed by atoms with van der Waals surface area (Å²) in [5, 5.41) is 3.39. The first kappa shape index (κ1) is 37.3. The van der Waals surface area contributed by atoms with E-state index in [1.807, 2.05) is 0 Å². The standard InChI is InChI=1S/C35H59NO7Si2/c1-33(2,3)36-27-22-20-18-17-19-21(22)23-24(30(27)39-10)29(43-45(15,16)35(7,8)9)26(32(38)41-12)25(31(37)40-11)28(23)42-44(13,14)34(4,5)6/h28-29,36H,17-20H2,1-16H3/t28-,29-/m1/s1. The lowest BCUT2D eigenvalue weighted by Crippen LogP contribution is -2.47. The highest BCUT2D eigenvalue weighted by Crippen LogP contribution is 2.58. The minimum Gasteiger partial charge on any atom is -0.494 e. The average molecular weight is 662 g/mol. The van der Waals surface area contributed by atoms with Crippen LogP contribution in [-0.2, 0) is 40.8 Å². The molecule has 0 unspecified atom stereocenters. The molecule has 0 spiro atoms. The average Bonchev–Trinajstić information content (AvgIpc) is 2.90. The van der Waals surface area contributed by atoms with Crippen molar-refractivity contribution in [3.05, 3.63) is 33.4 Å². The highest BCUT2D eigenvalue weighted by Gasteiger charge is 2.52. The molecule has 3 rings (SSSR count). The van der Waals surface area contributed by atoms with E-state index in [-0.39, 0.29) is 26.8 Å². The molecule has 0 fully saturated rings. The third-order valence-corrected chi connectivity index (χ3v) is 19.0. The zero-order chi connectivity index (χ0) is 34.5. The molecule has 0 bridgehead atoms. The SMILES string of the molecule is COC(=O)C1=C(C(=O)OC)[C@H](O[Si](C)(C)C(C)(C)C)c2c(OC)c(NC(C)(C)C)c3c(c2[C@H]1O[Si](C)(C)C(C)(C)C)CCCC3. The fraction of sp³-hybridized carbons (Fsp3) is 0.714. The van der Waals surface area contributed by atoms with Crippen molar-refractivity contribution < 1.29 is 32.7 Å². The van der Waals surface area contributed by atoms with E-state index in [4.69, 9.17) is 23.1 Å². The number of hydrogen-bond donors (Lipinski definition) is 1. The Morgan fingerprint density at radius 1 is 0.667 bits per heavy atom. The lowest BCUT2D eigenvalue weighted by atomic mass is 9.74. The predicted molar refractivity (Wildman–Crippen MR) is 186 cm³/mol. The maximum Gasteiger partial charge on any atom is 0.337 e. The van der Waals surface area contributed by atoms with Crippen LogP contribution in [-0.4, -0.2) is 55.4 Å². The van der Waals surface area contributed by atoms with Gasteiger partial charge in [0.1, 0.15) is 18.0 Å². The second-order valence-electron chi connectivity index (χ2n) is 16.6. The number of fused-ring (bicyclic) bond motifs is 3. The topological polar surface area (TPSA) is 92.3 Å². The molecule has 2 aliphatic carbocycles. The molecule has 0 aromatic heterocycles. The molecule has 2 aliphatic rings. The van der Waals surface area contributed by atoms with E-state index in [2.05, 4.69) is 93.8 Å². The minimum atomic E-state index is -2.57. The molecule has 1 N–H and O–H groups in total. The second kappa shape index (κ2) is 12.8. The summed E-state index contributed by atoms with van der Waals surface area (Å²) in [6, 6.07) is 0. The Morgan fingerprint density at radius 3 is 1.42 bits per heavy atom. The molecule has 0 heterocycles. The molecule has 0 amide bonds. The number of anilines is 1. The van der Waals surface area contributed by atoms with Crippen molar-refractivity contribution in [1.82, 2.24) is 0 Å². The quantitative estimate of drug-likeness (QED) is 0.219. The van der Waals surface area contributed by atoms with Gasteiger partial charge in [0, 0.05) is 11.1 Å².